The largest absolute Gasteiger partial charge is 0.394 e. The molecule has 5 amide bonds. The van der Waals surface area contributed by atoms with Crippen molar-refractivity contribution in [2.24, 2.45) is 5.73 Å². The van der Waals surface area contributed by atoms with Crippen LogP contribution in [-0.2, 0) is 57.3 Å². The first-order valence-electron chi connectivity index (χ1n) is 25.1. The summed E-state index contributed by atoms with van der Waals surface area (Å²) in [5.74, 6) is -1.93. The number of nitrogens with one attached hydrogen (secondary N) is 6. The van der Waals surface area contributed by atoms with Crippen molar-refractivity contribution in [2.75, 3.05) is 113 Å². The van der Waals surface area contributed by atoms with E-state index in [0.29, 0.717) is 32.2 Å². The van der Waals surface area contributed by atoms with Crippen LogP contribution >= 0.6 is 0 Å². The molecule has 0 aliphatic rings. The minimum Gasteiger partial charge on any atom is -0.394 e. The number of ether oxygens (including phenoxy) is 5. The highest BCUT2D eigenvalue weighted by atomic mass is 16.7. The van der Waals surface area contributed by atoms with Gasteiger partial charge in [0.1, 0.15) is 25.9 Å². The highest BCUT2D eigenvalue weighted by Crippen LogP contribution is 2.14. The summed E-state index contributed by atoms with van der Waals surface area (Å²) in [6.45, 7) is 3.95. The van der Waals surface area contributed by atoms with Gasteiger partial charge in [0.25, 0.3) is 0 Å². The Morgan fingerprint density at radius 1 is 0.493 bits per heavy atom. The lowest BCUT2D eigenvalue weighted by Crippen LogP contribution is -2.48. The molecule has 67 heavy (non-hydrogen) atoms. The van der Waals surface area contributed by atoms with Crippen LogP contribution in [0.3, 0.4) is 0 Å². The lowest BCUT2D eigenvalue weighted by Gasteiger charge is -2.17. The number of likely N-dealkylation sites (N-methyl/N-ethyl adjacent to an activating group) is 1. The zero-order valence-corrected chi connectivity index (χ0v) is 41.2. The molecule has 0 aromatic carbocycles. The standard InChI is InChI=1S/C47H91N7O13/c1-3-4-5-6-7-8-9-10-11-12-13-14-15-16-17-18-19-23-43(57)54-67-34-33-66-39-46(60)52-26-28-63-30-32-65-38-45(59)51-25-27-62-29-31-64-37-44(58)50-24-21-20-22-40(49-2)42(56)35-53-41(36-55)47(48)61/h40-41,49,53,55H,3-39H2,1-2H3,(H2,48,61)(H,50,58)(H,51,59)(H,52,60)(H,54,57)/t40-,41-/m0/s1. The molecule has 0 unspecified atom stereocenters. The second-order valence-electron chi connectivity index (χ2n) is 16.5. The van der Waals surface area contributed by atoms with Crippen molar-refractivity contribution in [3.8, 4) is 0 Å². The predicted molar refractivity (Wildman–Crippen MR) is 256 cm³/mol. The first-order valence-corrected chi connectivity index (χ1v) is 25.1. The van der Waals surface area contributed by atoms with Crippen LogP contribution in [0.4, 0.5) is 0 Å². The second-order valence-corrected chi connectivity index (χ2v) is 16.5. The zero-order valence-electron chi connectivity index (χ0n) is 41.2. The quantitative estimate of drug-likeness (QED) is 0.0321. The Morgan fingerprint density at radius 2 is 0.925 bits per heavy atom. The van der Waals surface area contributed by atoms with Crippen molar-refractivity contribution in [2.45, 2.75) is 154 Å². The van der Waals surface area contributed by atoms with Gasteiger partial charge in [-0.05, 0) is 32.7 Å². The Morgan fingerprint density at radius 3 is 1.37 bits per heavy atom. The summed E-state index contributed by atoms with van der Waals surface area (Å²) in [5.41, 5.74) is 7.58. The summed E-state index contributed by atoms with van der Waals surface area (Å²) < 4.78 is 26.7. The van der Waals surface area contributed by atoms with Gasteiger partial charge < -0.3 is 55.8 Å². The maximum atomic E-state index is 12.3. The SMILES string of the molecule is CCCCCCCCCCCCCCCCCCCC(=O)NOCCOCC(=O)NCCOCCOCC(=O)NCCOCCOCC(=O)NCCCC[C@H](NC)C(=O)CN[C@@H](CO)C(N)=O. The van der Waals surface area contributed by atoms with E-state index in [1.165, 1.54) is 89.9 Å². The Bertz CT molecular complexity index is 1240. The number of amides is 5. The van der Waals surface area contributed by atoms with Crippen LogP contribution < -0.4 is 37.8 Å². The number of carbonyl (C=O) groups excluding carboxylic acids is 6. The molecule has 0 radical (unpaired) electrons. The van der Waals surface area contributed by atoms with Gasteiger partial charge in [0.15, 0.2) is 5.78 Å². The van der Waals surface area contributed by atoms with Crippen LogP contribution in [-0.4, -0.2) is 165 Å². The summed E-state index contributed by atoms with van der Waals surface area (Å²) in [7, 11) is 1.66. The number of hydrogen-bond acceptors (Lipinski definition) is 15. The van der Waals surface area contributed by atoms with Crippen LogP contribution in [0.5, 0.6) is 0 Å². The first kappa shape index (κ1) is 63.7. The molecule has 0 aromatic heterocycles. The third kappa shape index (κ3) is 44.9. The predicted octanol–water partition coefficient (Wildman–Crippen LogP) is 2.27. The molecule has 0 aromatic rings. The number of hydroxylamine groups is 1. The van der Waals surface area contributed by atoms with Crippen molar-refractivity contribution < 1.29 is 62.4 Å². The fraction of sp³-hybridized carbons (Fsp3) is 0.872. The van der Waals surface area contributed by atoms with E-state index in [4.69, 9.17) is 39.4 Å². The van der Waals surface area contributed by atoms with Gasteiger partial charge in [-0.1, -0.05) is 110 Å². The van der Waals surface area contributed by atoms with Crippen LogP contribution in [0.1, 0.15) is 142 Å². The number of aliphatic hydroxyl groups excluding tert-OH is 1. The molecular formula is C47H91N7O13. The lowest BCUT2D eigenvalue weighted by molar-refractivity contribution is -0.136. The number of Topliss-reactive ketones (excluding diaryl/α,β-unsaturated/α-hetero) is 1. The second kappa shape index (κ2) is 49.1. The molecule has 0 fully saturated rings. The van der Waals surface area contributed by atoms with Crippen LogP contribution in [0.2, 0.25) is 0 Å². The fourth-order valence-electron chi connectivity index (χ4n) is 6.68. The number of nitrogens with two attached hydrogens (primary N) is 1. The number of rotatable bonds is 52. The summed E-state index contributed by atoms with van der Waals surface area (Å²) >= 11 is 0. The Balaban J connectivity index is 3.48. The van der Waals surface area contributed by atoms with Gasteiger partial charge in [0, 0.05) is 26.1 Å². The highest BCUT2D eigenvalue weighted by Gasteiger charge is 2.19. The van der Waals surface area contributed by atoms with Gasteiger partial charge in [-0.25, -0.2) is 5.48 Å². The third-order valence-electron chi connectivity index (χ3n) is 10.6. The van der Waals surface area contributed by atoms with E-state index in [9.17, 15) is 28.8 Å². The van der Waals surface area contributed by atoms with Crippen molar-refractivity contribution in [1.82, 2.24) is 32.1 Å². The number of hydrogen-bond donors (Lipinski definition) is 8. The molecule has 0 rings (SSSR count). The van der Waals surface area contributed by atoms with E-state index in [2.05, 4.69) is 39.0 Å². The summed E-state index contributed by atoms with van der Waals surface area (Å²) in [5, 5.41) is 22.8. The number of ketones is 1. The maximum Gasteiger partial charge on any atom is 0.246 e. The molecule has 0 bridgehead atoms. The normalized spacial score (nSPS) is 12.1. The summed E-state index contributed by atoms with van der Waals surface area (Å²) in [6.07, 6.45) is 24.4. The molecule has 9 N–H and O–H groups in total. The van der Waals surface area contributed by atoms with Crippen molar-refractivity contribution >= 4 is 35.3 Å². The third-order valence-corrected chi connectivity index (χ3v) is 10.6. The molecular weight excluding hydrogens is 871 g/mol. The van der Waals surface area contributed by atoms with E-state index in [0.717, 1.165) is 19.3 Å². The molecule has 0 aliphatic heterocycles. The number of aliphatic hydroxyl groups is 1. The molecule has 0 aliphatic carbocycles. The van der Waals surface area contributed by atoms with Crippen LogP contribution in [0.15, 0.2) is 0 Å². The smallest absolute Gasteiger partial charge is 0.246 e. The van der Waals surface area contributed by atoms with E-state index < -0.39 is 24.6 Å². The zero-order chi connectivity index (χ0) is 49.3. The van der Waals surface area contributed by atoms with Crippen LogP contribution in [0.25, 0.3) is 0 Å². The van der Waals surface area contributed by atoms with Gasteiger partial charge >= 0.3 is 0 Å². The fourth-order valence-corrected chi connectivity index (χ4v) is 6.68. The average molecular weight is 962 g/mol. The van der Waals surface area contributed by atoms with Gasteiger partial charge in [-0.2, -0.15) is 0 Å². The number of carbonyl (C=O) groups is 6. The van der Waals surface area contributed by atoms with Gasteiger partial charge in [0.2, 0.25) is 29.5 Å². The Labute approximate surface area is 401 Å². The topological polar surface area (TPSA) is 276 Å². The molecule has 0 saturated carbocycles. The summed E-state index contributed by atoms with van der Waals surface area (Å²) in [6, 6.07) is -1.41. The Hall–Kier alpha value is -3.34. The van der Waals surface area contributed by atoms with E-state index >= 15 is 0 Å². The minimum atomic E-state index is -0.978. The molecule has 392 valence electrons. The average Bonchev–Trinajstić information content (AvgIpc) is 3.31. The minimum absolute atomic E-state index is 0.105. The Kier molecular flexibility index (Phi) is 46.6. The molecule has 0 heterocycles. The van der Waals surface area contributed by atoms with Gasteiger partial charge in [0.05, 0.1) is 72.0 Å². The molecule has 0 saturated heterocycles. The van der Waals surface area contributed by atoms with Crippen LogP contribution in [0, 0.1) is 0 Å². The summed E-state index contributed by atoms with van der Waals surface area (Å²) in [4.78, 5) is 76.5. The van der Waals surface area contributed by atoms with Crippen molar-refractivity contribution in [1.29, 1.82) is 0 Å². The molecule has 20 heteroatoms. The number of unbranched alkanes of at least 4 members (excludes halogenated alkanes) is 17. The van der Waals surface area contributed by atoms with E-state index in [-0.39, 0.29) is 122 Å². The number of primary amides is 1. The van der Waals surface area contributed by atoms with E-state index in [1.54, 1.807) is 7.05 Å². The molecule has 20 nitrogen and oxygen atoms in total. The molecule has 0 spiro atoms. The molecule has 2 atom stereocenters. The van der Waals surface area contributed by atoms with Gasteiger partial charge in [-0.3, -0.25) is 38.9 Å². The van der Waals surface area contributed by atoms with Gasteiger partial charge in [-0.15, -0.1) is 0 Å². The van der Waals surface area contributed by atoms with E-state index in [1.807, 2.05) is 0 Å². The maximum absolute atomic E-state index is 12.3. The lowest BCUT2D eigenvalue weighted by atomic mass is 10.0. The first-order chi connectivity index (χ1) is 32.6. The highest BCUT2D eigenvalue weighted by molar-refractivity contribution is 5.87. The van der Waals surface area contributed by atoms with Crippen molar-refractivity contribution in [3.05, 3.63) is 0 Å². The monoisotopic (exact) mass is 962 g/mol. The van der Waals surface area contributed by atoms with Crippen molar-refractivity contribution in [3.63, 3.8) is 0 Å².